The van der Waals surface area contributed by atoms with Gasteiger partial charge in [0.05, 0.1) is 5.33 Å². The summed E-state index contributed by atoms with van der Waals surface area (Å²) in [5, 5.41) is 0.109. The molecule has 0 bridgehead atoms. The first-order chi connectivity index (χ1) is 5.65. The van der Waals surface area contributed by atoms with E-state index in [1.54, 1.807) is 0 Å². The minimum Gasteiger partial charge on any atom is -0.293 e. The van der Waals surface area contributed by atoms with Crippen molar-refractivity contribution in [2.75, 3.05) is 5.33 Å². The van der Waals surface area contributed by atoms with E-state index in [1.165, 1.54) is 6.07 Å². The third kappa shape index (κ3) is 1.88. The standard InChI is InChI=1S/C8H5BrF2O/c9-4-8(12)5-1-2-6(10)7(11)3-5/h1-3H,4H2. The number of hydrogen-bond donors (Lipinski definition) is 0. The molecule has 1 aromatic carbocycles. The maximum absolute atomic E-state index is 12.5. The van der Waals surface area contributed by atoms with Gasteiger partial charge in [0.25, 0.3) is 0 Å². The zero-order valence-electron chi connectivity index (χ0n) is 5.98. The molecule has 1 aromatic rings. The van der Waals surface area contributed by atoms with Crippen LogP contribution >= 0.6 is 15.9 Å². The van der Waals surface area contributed by atoms with Gasteiger partial charge in [0.1, 0.15) is 0 Å². The van der Waals surface area contributed by atoms with Gasteiger partial charge in [-0.2, -0.15) is 0 Å². The van der Waals surface area contributed by atoms with Crippen LogP contribution in [0.1, 0.15) is 10.4 Å². The van der Waals surface area contributed by atoms with Crippen LogP contribution in [0.25, 0.3) is 0 Å². The van der Waals surface area contributed by atoms with Crippen molar-refractivity contribution in [3.8, 4) is 0 Å². The van der Waals surface area contributed by atoms with Crippen molar-refractivity contribution in [1.29, 1.82) is 0 Å². The second kappa shape index (κ2) is 3.76. The summed E-state index contributed by atoms with van der Waals surface area (Å²) >= 11 is 2.93. The van der Waals surface area contributed by atoms with Gasteiger partial charge in [0, 0.05) is 5.56 Å². The summed E-state index contributed by atoms with van der Waals surface area (Å²) in [5.74, 6) is -2.21. The Morgan fingerprint density at radius 2 is 2.00 bits per heavy atom. The number of benzene rings is 1. The van der Waals surface area contributed by atoms with Gasteiger partial charge >= 0.3 is 0 Å². The largest absolute Gasteiger partial charge is 0.293 e. The molecule has 0 saturated heterocycles. The minimum absolute atomic E-state index is 0.109. The Kier molecular flexibility index (Phi) is 2.92. The number of Topliss-reactive ketones (excluding diaryl/α,β-unsaturated/α-hetero) is 1. The van der Waals surface area contributed by atoms with E-state index in [0.29, 0.717) is 0 Å². The molecule has 0 radical (unpaired) electrons. The van der Waals surface area contributed by atoms with Gasteiger partial charge in [-0.05, 0) is 18.2 Å². The van der Waals surface area contributed by atoms with Crippen molar-refractivity contribution in [1.82, 2.24) is 0 Å². The van der Waals surface area contributed by atoms with Crippen LogP contribution < -0.4 is 0 Å². The quantitative estimate of drug-likeness (QED) is 0.568. The van der Waals surface area contributed by atoms with Gasteiger partial charge in [-0.3, -0.25) is 4.79 Å². The van der Waals surface area contributed by atoms with Crippen LogP contribution in [0.2, 0.25) is 0 Å². The molecular formula is C8H5BrF2O. The van der Waals surface area contributed by atoms with Gasteiger partial charge in [-0.15, -0.1) is 0 Å². The number of carbonyl (C=O) groups is 1. The lowest BCUT2D eigenvalue weighted by molar-refractivity contribution is 0.102. The predicted molar refractivity (Wildman–Crippen MR) is 44.5 cm³/mol. The fourth-order valence-corrected chi connectivity index (χ4v) is 1.07. The van der Waals surface area contributed by atoms with Crippen LogP contribution in [0.4, 0.5) is 8.78 Å². The van der Waals surface area contributed by atoms with Crippen LogP contribution in [0, 0.1) is 11.6 Å². The lowest BCUT2D eigenvalue weighted by Crippen LogP contribution is -2.00. The van der Waals surface area contributed by atoms with Crippen LogP contribution in [0.3, 0.4) is 0 Å². The molecular weight excluding hydrogens is 230 g/mol. The van der Waals surface area contributed by atoms with Crippen molar-refractivity contribution in [3.63, 3.8) is 0 Å². The molecule has 0 atom stereocenters. The Balaban J connectivity index is 3.05. The maximum atomic E-state index is 12.5. The first kappa shape index (κ1) is 9.32. The molecule has 0 aromatic heterocycles. The second-order valence-corrected chi connectivity index (χ2v) is 2.75. The summed E-state index contributed by atoms with van der Waals surface area (Å²) < 4.78 is 24.9. The van der Waals surface area contributed by atoms with E-state index in [4.69, 9.17) is 0 Å². The third-order valence-electron chi connectivity index (χ3n) is 1.36. The van der Waals surface area contributed by atoms with E-state index in [9.17, 15) is 13.6 Å². The number of ketones is 1. The topological polar surface area (TPSA) is 17.1 Å². The summed E-state index contributed by atoms with van der Waals surface area (Å²) in [7, 11) is 0. The van der Waals surface area contributed by atoms with E-state index >= 15 is 0 Å². The van der Waals surface area contributed by atoms with E-state index in [-0.39, 0.29) is 16.7 Å². The summed E-state index contributed by atoms with van der Waals surface area (Å²) in [4.78, 5) is 10.9. The summed E-state index contributed by atoms with van der Waals surface area (Å²) in [6, 6.07) is 3.08. The molecule has 0 heterocycles. The molecule has 64 valence electrons. The van der Waals surface area contributed by atoms with Crippen molar-refractivity contribution >= 4 is 21.7 Å². The first-order valence-electron chi connectivity index (χ1n) is 3.19. The minimum atomic E-state index is -0.998. The highest BCUT2D eigenvalue weighted by Crippen LogP contribution is 2.09. The predicted octanol–water partition coefficient (Wildman–Crippen LogP) is 2.54. The number of rotatable bonds is 2. The zero-order chi connectivity index (χ0) is 9.14. The Morgan fingerprint density at radius 1 is 1.33 bits per heavy atom. The van der Waals surface area contributed by atoms with Gasteiger partial charge in [-0.25, -0.2) is 8.78 Å². The number of alkyl halides is 1. The Bertz CT molecular complexity index is 312. The highest BCUT2D eigenvalue weighted by molar-refractivity contribution is 9.09. The average molecular weight is 235 g/mol. The summed E-state index contributed by atoms with van der Waals surface area (Å²) in [6.45, 7) is 0. The summed E-state index contributed by atoms with van der Waals surface area (Å²) in [5.41, 5.74) is 0.172. The first-order valence-corrected chi connectivity index (χ1v) is 4.31. The lowest BCUT2D eigenvalue weighted by Gasteiger charge is -1.97. The van der Waals surface area contributed by atoms with Crippen molar-refractivity contribution in [2.24, 2.45) is 0 Å². The van der Waals surface area contributed by atoms with E-state index in [0.717, 1.165) is 12.1 Å². The molecule has 0 aliphatic rings. The van der Waals surface area contributed by atoms with Crippen LogP contribution in [-0.4, -0.2) is 11.1 Å². The van der Waals surface area contributed by atoms with Gasteiger partial charge in [-0.1, -0.05) is 15.9 Å². The average Bonchev–Trinajstić information content (AvgIpc) is 2.08. The smallest absolute Gasteiger partial charge is 0.173 e. The normalized spacial score (nSPS) is 9.92. The van der Waals surface area contributed by atoms with Gasteiger partial charge in [0.2, 0.25) is 0 Å². The number of halogens is 3. The van der Waals surface area contributed by atoms with E-state index < -0.39 is 11.6 Å². The fraction of sp³-hybridized carbons (Fsp3) is 0.125. The second-order valence-electron chi connectivity index (χ2n) is 2.19. The molecule has 0 aliphatic heterocycles. The lowest BCUT2D eigenvalue weighted by atomic mass is 10.1. The molecule has 4 heteroatoms. The van der Waals surface area contributed by atoms with Gasteiger partial charge < -0.3 is 0 Å². The molecule has 0 unspecified atom stereocenters. The van der Waals surface area contributed by atoms with Crippen LogP contribution in [-0.2, 0) is 0 Å². The van der Waals surface area contributed by atoms with Crippen molar-refractivity contribution < 1.29 is 13.6 Å². The Morgan fingerprint density at radius 3 is 2.50 bits per heavy atom. The molecule has 0 amide bonds. The maximum Gasteiger partial charge on any atom is 0.173 e. The third-order valence-corrected chi connectivity index (χ3v) is 1.87. The highest BCUT2D eigenvalue weighted by atomic mass is 79.9. The molecule has 0 saturated carbocycles. The molecule has 1 nitrogen and oxygen atoms in total. The van der Waals surface area contributed by atoms with E-state index in [1.807, 2.05) is 0 Å². The Hall–Kier alpha value is -0.770. The zero-order valence-corrected chi connectivity index (χ0v) is 7.57. The number of carbonyl (C=O) groups excluding carboxylic acids is 1. The molecule has 12 heavy (non-hydrogen) atoms. The highest BCUT2D eigenvalue weighted by Gasteiger charge is 2.07. The van der Waals surface area contributed by atoms with Crippen molar-refractivity contribution in [2.45, 2.75) is 0 Å². The Labute approximate surface area is 76.5 Å². The van der Waals surface area contributed by atoms with Crippen LogP contribution in [0.5, 0.6) is 0 Å². The fourth-order valence-electron chi connectivity index (χ4n) is 0.747. The summed E-state index contributed by atoms with van der Waals surface area (Å²) in [6.07, 6.45) is 0. The van der Waals surface area contributed by atoms with E-state index in [2.05, 4.69) is 15.9 Å². The monoisotopic (exact) mass is 234 g/mol. The molecule has 0 N–H and O–H groups in total. The van der Waals surface area contributed by atoms with Gasteiger partial charge in [0.15, 0.2) is 17.4 Å². The number of hydrogen-bond acceptors (Lipinski definition) is 1. The SMILES string of the molecule is O=C(CBr)c1ccc(F)c(F)c1. The van der Waals surface area contributed by atoms with Crippen molar-refractivity contribution in [3.05, 3.63) is 35.4 Å². The molecule has 0 fully saturated rings. The van der Waals surface area contributed by atoms with Crippen LogP contribution in [0.15, 0.2) is 18.2 Å². The molecule has 0 aliphatic carbocycles. The molecule has 0 spiro atoms. The molecule has 1 rings (SSSR count).